The van der Waals surface area contributed by atoms with Crippen LogP contribution in [-0.2, 0) is 11.3 Å². The Bertz CT molecular complexity index is 987. The highest BCUT2D eigenvalue weighted by atomic mass is 16.6. The Morgan fingerprint density at radius 1 is 1.13 bits per heavy atom. The maximum atomic E-state index is 12.3. The van der Waals surface area contributed by atoms with Gasteiger partial charge >= 0.3 is 11.5 Å². The van der Waals surface area contributed by atoms with Gasteiger partial charge in [0.25, 0.3) is 5.69 Å². The van der Waals surface area contributed by atoms with Gasteiger partial charge in [0.05, 0.1) is 27.6 Å². The van der Waals surface area contributed by atoms with Gasteiger partial charge < -0.3 is 25.6 Å². The van der Waals surface area contributed by atoms with Gasteiger partial charge in [-0.05, 0) is 29.5 Å². The molecule has 30 heavy (non-hydrogen) atoms. The molecule has 0 radical (unpaired) electrons. The average Bonchev–Trinajstić information content (AvgIpc) is 3.02. The minimum atomic E-state index is -1.43. The van der Waals surface area contributed by atoms with Crippen LogP contribution < -0.4 is 5.32 Å². The number of hydrogen-bond acceptors (Lipinski definition) is 10. The molecule has 1 aromatic carbocycles. The first-order valence-electron chi connectivity index (χ1n) is 8.25. The summed E-state index contributed by atoms with van der Waals surface area (Å²) in [6.45, 7) is -0.174. The fourth-order valence-corrected chi connectivity index (χ4v) is 2.65. The first kappa shape index (κ1) is 22.3. The van der Waals surface area contributed by atoms with E-state index in [1.165, 1.54) is 19.1 Å². The lowest BCUT2D eigenvalue weighted by Gasteiger charge is -2.22. The number of nitrogens with one attached hydrogen (secondary N) is 1. The van der Waals surface area contributed by atoms with Gasteiger partial charge in [-0.2, -0.15) is 4.68 Å². The van der Waals surface area contributed by atoms with Gasteiger partial charge in [-0.3, -0.25) is 25.0 Å². The standard InChI is InChI=1S/C15H16N6O9/c1-8-13(20(27)28)15(21(29)30)17-18(8)6-12(23)16-11(7-22)14(24)9-2-4-10(5-3-9)19(25)26/h2-5,11,14,22,24H,6-7H2,1H3,(H,16,23). The van der Waals surface area contributed by atoms with E-state index in [2.05, 4.69) is 10.4 Å². The van der Waals surface area contributed by atoms with Crippen LogP contribution in [0.2, 0.25) is 0 Å². The lowest BCUT2D eigenvalue weighted by Crippen LogP contribution is -2.43. The number of rotatable bonds is 9. The molecular weight excluding hydrogens is 408 g/mol. The number of carbonyl (C=O) groups excluding carboxylic acids is 1. The number of hydrogen-bond donors (Lipinski definition) is 3. The zero-order valence-electron chi connectivity index (χ0n) is 15.4. The van der Waals surface area contributed by atoms with Crippen LogP contribution >= 0.6 is 0 Å². The third-order valence-corrected chi connectivity index (χ3v) is 4.18. The fourth-order valence-electron chi connectivity index (χ4n) is 2.65. The molecule has 0 saturated carbocycles. The van der Waals surface area contributed by atoms with E-state index in [4.69, 9.17) is 0 Å². The molecule has 1 amide bonds. The van der Waals surface area contributed by atoms with Crippen molar-refractivity contribution < 1.29 is 29.8 Å². The third-order valence-electron chi connectivity index (χ3n) is 4.18. The van der Waals surface area contributed by atoms with Crippen LogP contribution in [0.5, 0.6) is 0 Å². The first-order chi connectivity index (χ1) is 14.1. The average molecular weight is 424 g/mol. The highest BCUT2D eigenvalue weighted by molar-refractivity contribution is 5.76. The molecule has 2 unspecified atom stereocenters. The molecule has 0 aliphatic rings. The van der Waals surface area contributed by atoms with Crippen LogP contribution in [0.3, 0.4) is 0 Å². The molecule has 1 heterocycles. The smallest absolute Gasteiger partial charge is 0.394 e. The van der Waals surface area contributed by atoms with Crippen molar-refractivity contribution in [2.24, 2.45) is 0 Å². The minimum Gasteiger partial charge on any atom is -0.394 e. The Hall–Kier alpha value is -3.98. The fraction of sp³-hybridized carbons (Fsp3) is 0.333. The molecule has 0 fully saturated rings. The number of benzene rings is 1. The molecular formula is C15H16N6O9. The number of carbonyl (C=O) groups is 1. The van der Waals surface area contributed by atoms with Crippen molar-refractivity contribution in [1.82, 2.24) is 15.1 Å². The number of amides is 1. The van der Waals surface area contributed by atoms with Crippen LogP contribution in [0.25, 0.3) is 0 Å². The molecule has 0 spiro atoms. The van der Waals surface area contributed by atoms with E-state index < -0.39 is 57.5 Å². The molecule has 0 bridgehead atoms. The molecule has 0 saturated heterocycles. The van der Waals surface area contributed by atoms with Crippen LogP contribution in [0.15, 0.2) is 24.3 Å². The maximum Gasteiger partial charge on any atom is 0.468 e. The Kier molecular flexibility index (Phi) is 6.70. The summed E-state index contributed by atoms with van der Waals surface area (Å²) >= 11 is 0. The molecule has 2 atom stereocenters. The number of nitrogens with zero attached hydrogens (tertiary/aromatic N) is 5. The van der Waals surface area contributed by atoms with E-state index in [1.54, 1.807) is 0 Å². The van der Waals surface area contributed by atoms with Crippen molar-refractivity contribution in [2.45, 2.75) is 25.6 Å². The molecule has 2 rings (SSSR count). The van der Waals surface area contributed by atoms with E-state index in [0.29, 0.717) is 0 Å². The zero-order chi connectivity index (χ0) is 22.6. The van der Waals surface area contributed by atoms with E-state index in [-0.39, 0.29) is 16.9 Å². The topological polar surface area (TPSA) is 217 Å². The molecule has 0 aliphatic carbocycles. The Morgan fingerprint density at radius 3 is 2.17 bits per heavy atom. The first-order valence-corrected chi connectivity index (χ1v) is 8.25. The summed E-state index contributed by atoms with van der Waals surface area (Å²) in [6.07, 6.45) is -1.43. The molecule has 15 nitrogen and oxygen atoms in total. The number of nitro groups is 3. The molecule has 1 aromatic heterocycles. The van der Waals surface area contributed by atoms with Gasteiger partial charge in [0, 0.05) is 12.1 Å². The van der Waals surface area contributed by atoms with Crippen LogP contribution in [0.1, 0.15) is 17.4 Å². The number of aromatic nitrogens is 2. The monoisotopic (exact) mass is 424 g/mol. The summed E-state index contributed by atoms with van der Waals surface area (Å²) in [7, 11) is 0. The summed E-state index contributed by atoms with van der Waals surface area (Å²) in [4.78, 5) is 42.2. The van der Waals surface area contributed by atoms with Gasteiger partial charge in [-0.1, -0.05) is 0 Å². The molecule has 2 aromatic rings. The second-order valence-electron chi connectivity index (χ2n) is 6.08. The third kappa shape index (κ3) is 4.70. The van der Waals surface area contributed by atoms with Crippen molar-refractivity contribution in [3.05, 3.63) is 65.9 Å². The molecule has 0 aliphatic heterocycles. The van der Waals surface area contributed by atoms with Crippen LogP contribution in [-0.4, -0.2) is 53.3 Å². The predicted molar refractivity (Wildman–Crippen MR) is 97.3 cm³/mol. The van der Waals surface area contributed by atoms with Crippen LogP contribution in [0.4, 0.5) is 17.2 Å². The number of nitro benzene ring substituents is 1. The highest BCUT2D eigenvalue weighted by Crippen LogP contribution is 2.29. The summed E-state index contributed by atoms with van der Waals surface area (Å²) in [5.74, 6) is -1.86. The van der Waals surface area contributed by atoms with Gasteiger partial charge in [0.1, 0.15) is 18.3 Å². The predicted octanol–water partition coefficient (Wildman–Crippen LogP) is 0.127. The normalized spacial score (nSPS) is 12.8. The van der Waals surface area contributed by atoms with Crippen molar-refractivity contribution >= 4 is 23.1 Å². The van der Waals surface area contributed by atoms with E-state index in [9.17, 15) is 45.4 Å². The van der Waals surface area contributed by atoms with Gasteiger partial charge in [-0.25, -0.2) is 0 Å². The Labute approximate surface area is 167 Å². The maximum absolute atomic E-state index is 12.3. The van der Waals surface area contributed by atoms with E-state index in [0.717, 1.165) is 16.8 Å². The van der Waals surface area contributed by atoms with E-state index >= 15 is 0 Å². The Morgan fingerprint density at radius 2 is 1.73 bits per heavy atom. The summed E-state index contributed by atoms with van der Waals surface area (Å²) in [5, 5.41) is 58.2. The summed E-state index contributed by atoms with van der Waals surface area (Å²) < 4.78 is 0.762. The summed E-state index contributed by atoms with van der Waals surface area (Å²) in [5.41, 5.74) is -1.11. The number of non-ortho nitro benzene ring substituents is 1. The lowest BCUT2D eigenvalue weighted by molar-refractivity contribution is -0.424. The number of aliphatic hydroxyl groups is 2. The highest BCUT2D eigenvalue weighted by Gasteiger charge is 2.36. The SMILES string of the molecule is Cc1c([N+](=O)[O-])c([N+](=O)[O-])nn1CC(=O)NC(CO)C(O)c1ccc([N+](=O)[O-])cc1. The molecule has 15 heteroatoms. The summed E-state index contributed by atoms with van der Waals surface area (Å²) in [6, 6.07) is 3.56. The van der Waals surface area contributed by atoms with E-state index in [1.807, 2.05) is 0 Å². The molecule has 3 N–H and O–H groups in total. The van der Waals surface area contributed by atoms with Crippen molar-refractivity contribution in [3.63, 3.8) is 0 Å². The van der Waals surface area contributed by atoms with Crippen molar-refractivity contribution in [3.8, 4) is 0 Å². The second kappa shape index (κ2) is 9.01. The zero-order valence-corrected chi connectivity index (χ0v) is 15.4. The van der Waals surface area contributed by atoms with Crippen molar-refractivity contribution in [2.75, 3.05) is 6.61 Å². The van der Waals surface area contributed by atoms with Gasteiger partial charge in [0.2, 0.25) is 5.91 Å². The quantitative estimate of drug-likeness (QED) is 0.365. The van der Waals surface area contributed by atoms with Gasteiger partial charge in [-0.15, -0.1) is 0 Å². The van der Waals surface area contributed by atoms with Crippen molar-refractivity contribution in [1.29, 1.82) is 0 Å². The molecule has 160 valence electrons. The van der Waals surface area contributed by atoms with Gasteiger partial charge in [0.15, 0.2) is 0 Å². The minimum absolute atomic E-state index is 0.182. The van der Waals surface area contributed by atoms with Crippen LogP contribution in [0, 0.1) is 37.3 Å². The lowest BCUT2D eigenvalue weighted by atomic mass is 10.0. The second-order valence-corrected chi connectivity index (χ2v) is 6.08. The largest absolute Gasteiger partial charge is 0.468 e. The number of aliphatic hydroxyl groups excluding tert-OH is 2. The Balaban J connectivity index is 2.16.